The molecule has 2 aliphatic rings. The molecule has 1 amide bonds. The molecule has 0 radical (unpaired) electrons. The van der Waals surface area contributed by atoms with E-state index in [9.17, 15) is 4.79 Å². The van der Waals surface area contributed by atoms with Gasteiger partial charge in [0.05, 0.1) is 5.41 Å². The van der Waals surface area contributed by atoms with Crippen LogP contribution in [0.25, 0.3) is 11.3 Å². The number of nitrogens with one attached hydrogen (secondary N) is 1. The fourth-order valence-corrected chi connectivity index (χ4v) is 5.60. The van der Waals surface area contributed by atoms with Crippen molar-refractivity contribution >= 4 is 17.9 Å². The molecule has 34 heavy (non-hydrogen) atoms. The van der Waals surface area contributed by atoms with Crippen LogP contribution in [-0.4, -0.2) is 16.5 Å². The Morgan fingerprint density at radius 3 is 2.24 bits per heavy atom. The molecule has 0 saturated heterocycles. The van der Waals surface area contributed by atoms with Crippen molar-refractivity contribution < 1.29 is 4.79 Å². The Kier molecular flexibility index (Phi) is 7.26. The maximum atomic E-state index is 13.2. The van der Waals surface area contributed by atoms with E-state index in [4.69, 9.17) is 5.14 Å². The van der Waals surface area contributed by atoms with E-state index in [1.807, 2.05) is 0 Å². The molecule has 0 aliphatic heterocycles. The molecule has 2 aromatic rings. The van der Waals surface area contributed by atoms with E-state index < -0.39 is 5.41 Å². The van der Waals surface area contributed by atoms with Crippen LogP contribution in [-0.2, 0) is 22.2 Å². The van der Waals surface area contributed by atoms with Crippen molar-refractivity contribution in [2.24, 2.45) is 11.1 Å². The molecular weight excluding hydrogens is 438 g/mol. The first-order chi connectivity index (χ1) is 16.0. The molecule has 4 rings (SSSR count). The van der Waals surface area contributed by atoms with E-state index in [1.165, 1.54) is 66.6 Å². The molecule has 5 heteroatoms. The third kappa shape index (κ3) is 5.41. The summed E-state index contributed by atoms with van der Waals surface area (Å²) in [6.07, 6.45) is 8.87. The van der Waals surface area contributed by atoms with Crippen molar-refractivity contribution in [3.8, 4) is 11.3 Å². The fraction of sp³-hybridized carbons (Fsp3) is 0.621. The molecule has 4 nitrogen and oxygen atoms in total. The molecule has 2 aliphatic carbocycles. The lowest BCUT2D eigenvalue weighted by molar-refractivity contribution is -0.125. The minimum atomic E-state index is -0.597. The monoisotopic (exact) mass is 481 g/mol. The number of nitrogens with zero attached hydrogens (tertiary/aromatic N) is 1. The quantitative estimate of drug-likeness (QED) is 0.425. The van der Waals surface area contributed by atoms with Gasteiger partial charge >= 0.3 is 0 Å². The third-order valence-electron chi connectivity index (χ3n) is 7.91. The van der Waals surface area contributed by atoms with Crippen LogP contribution in [0.4, 0.5) is 0 Å². The van der Waals surface area contributed by atoms with Crippen LogP contribution in [0.15, 0.2) is 29.2 Å². The Labute approximate surface area is 210 Å². The Bertz CT molecular complexity index is 1040. The van der Waals surface area contributed by atoms with Crippen molar-refractivity contribution in [1.29, 1.82) is 0 Å². The molecule has 0 spiro atoms. The Hall–Kier alpha value is -1.72. The first kappa shape index (κ1) is 25.4. The van der Waals surface area contributed by atoms with Gasteiger partial charge in [-0.25, -0.2) is 0 Å². The van der Waals surface area contributed by atoms with Crippen LogP contribution in [0.3, 0.4) is 0 Å². The van der Waals surface area contributed by atoms with Crippen LogP contribution in [0.5, 0.6) is 0 Å². The maximum absolute atomic E-state index is 13.2. The summed E-state index contributed by atoms with van der Waals surface area (Å²) in [5.74, 6) is 0.847. The van der Waals surface area contributed by atoms with Crippen LogP contribution < -0.4 is 10.5 Å². The SMILES string of the molecule is Cc1c(SN)cc(-c2cc(C(C)(C)C)cc(C(C)(C)C(=O)NC3CC3)c2)n1CC1CCCCC1. The van der Waals surface area contributed by atoms with E-state index in [0.717, 1.165) is 35.8 Å². The van der Waals surface area contributed by atoms with Crippen molar-refractivity contribution in [1.82, 2.24) is 9.88 Å². The lowest BCUT2D eigenvalue weighted by atomic mass is 9.77. The maximum Gasteiger partial charge on any atom is 0.230 e. The average Bonchev–Trinajstić information content (AvgIpc) is 3.56. The number of carbonyl (C=O) groups is 1. The number of benzene rings is 1. The summed E-state index contributed by atoms with van der Waals surface area (Å²) in [7, 11) is 0. The highest BCUT2D eigenvalue weighted by atomic mass is 32.2. The molecule has 1 aromatic heterocycles. The molecule has 0 unspecified atom stereocenters. The van der Waals surface area contributed by atoms with E-state index in [-0.39, 0.29) is 11.3 Å². The van der Waals surface area contributed by atoms with Gasteiger partial charge in [0.25, 0.3) is 0 Å². The van der Waals surface area contributed by atoms with Gasteiger partial charge < -0.3 is 9.88 Å². The van der Waals surface area contributed by atoms with Gasteiger partial charge in [-0.2, -0.15) is 0 Å². The van der Waals surface area contributed by atoms with Gasteiger partial charge in [0.1, 0.15) is 0 Å². The summed E-state index contributed by atoms with van der Waals surface area (Å²) in [5.41, 5.74) is 5.39. The van der Waals surface area contributed by atoms with Gasteiger partial charge in [-0.05, 0) is 105 Å². The molecule has 1 aromatic carbocycles. The molecule has 2 saturated carbocycles. The Morgan fingerprint density at radius 1 is 1.00 bits per heavy atom. The highest BCUT2D eigenvalue weighted by Crippen LogP contribution is 2.38. The topological polar surface area (TPSA) is 60.1 Å². The zero-order valence-corrected chi connectivity index (χ0v) is 22.8. The predicted octanol–water partition coefficient (Wildman–Crippen LogP) is 6.86. The number of nitrogens with two attached hydrogens (primary N) is 1. The number of carbonyl (C=O) groups excluding carboxylic acids is 1. The van der Waals surface area contributed by atoms with Crippen molar-refractivity contribution in [3.63, 3.8) is 0 Å². The Morgan fingerprint density at radius 2 is 1.65 bits per heavy atom. The molecule has 0 bridgehead atoms. The van der Waals surface area contributed by atoms with E-state index in [1.54, 1.807) is 0 Å². The second-order valence-electron chi connectivity index (χ2n) is 12.1. The average molecular weight is 482 g/mol. The number of hydrogen-bond donors (Lipinski definition) is 2. The summed E-state index contributed by atoms with van der Waals surface area (Å²) in [6.45, 7) is 14.1. The van der Waals surface area contributed by atoms with Crippen LogP contribution in [0.2, 0.25) is 0 Å². The summed E-state index contributed by atoms with van der Waals surface area (Å²) in [6, 6.07) is 9.44. The van der Waals surface area contributed by atoms with Crippen molar-refractivity contribution in [2.45, 2.75) is 115 Å². The number of aromatic nitrogens is 1. The summed E-state index contributed by atoms with van der Waals surface area (Å²) >= 11 is 1.34. The van der Waals surface area contributed by atoms with Gasteiger partial charge in [0, 0.05) is 28.9 Å². The standard InChI is InChI=1S/C29H43N3OS/c1-19-26(34-30)17-25(32(19)18-20-10-8-7-9-11-20)21-14-22(28(2,3)4)16-23(15-21)29(5,6)27(33)31-24-12-13-24/h14-17,20,24H,7-13,18,30H2,1-6H3,(H,31,33). The highest BCUT2D eigenvalue weighted by molar-refractivity contribution is 7.97. The van der Waals surface area contributed by atoms with Crippen LogP contribution in [0, 0.1) is 12.8 Å². The fourth-order valence-electron chi connectivity index (χ4n) is 5.14. The summed E-state index contributed by atoms with van der Waals surface area (Å²) in [4.78, 5) is 14.4. The van der Waals surface area contributed by atoms with Crippen molar-refractivity contribution in [2.75, 3.05) is 0 Å². The largest absolute Gasteiger partial charge is 0.353 e. The predicted molar refractivity (Wildman–Crippen MR) is 144 cm³/mol. The van der Waals surface area contributed by atoms with Crippen molar-refractivity contribution in [3.05, 3.63) is 41.1 Å². The van der Waals surface area contributed by atoms with E-state index in [2.05, 4.69) is 75.7 Å². The van der Waals surface area contributed by atoms with Gasteiger partial charge in [-0.1, -0.05) is 46.1 Å². The van der Waals surface area contributed by atoms with E-state index >= 15 is 0 Å². The zero-order chi connectivity index (χ0) is 24.7. The molecule has 1 heterocycles. The number of hydrogen-bond acceptors (Lipinski definition) is 3. The summed E-state index contributed by atoms with van der Waals surface area (Å²) < 4.78 is 2.49. The first-order valence-corrected chi connectivity index (χ1v) is 13.9. The second kappa shape index (κ2) is 9.73. The van der Waals surface area contributed by atoms with Gasteiger partial charge in [0.2, 0.25) is 5.91 Å². The summed E-state index contributed by atoms with van der Waals surface area (Å²) in [5, 5.41) is 9.32. The third-order valence-corrected chi connectivity index (χ3v) is 8.58. The number of rotatable bonds is 7. The minimum Gasteiger partial charge on any atom is -0.353 e. The lowest BCUT2D eigenvalue weighted by Crippen LogP contribution is -2.41. The zero-order valence-electron chi connectivity index (χ0n) is 22.0. The highest BCUT2D eigenvalue weighted by Gasteiger charge is 2.35. The second-order valence-corrected chi connectivity index (χ2v) is 12.8. The molecule has 3 N–H and O–H groups in total. The van der Waals surface area contributed by atoms with E-state index in [0.29, 0.717) is 6.04 Å². The molecule has 2 fully saturated rings. The van der Waals surface area contributed by atoms with Gasteiger partial charge in [-0.15, -0.1) is 0 Å². The minimum absolute atomic E-state index is 0.0188. The first-order valence-electron chi connectivity index (χ1n) is 13.0. The normalized spacial score (nSPS) is 17.7. The Balaban J connectivity index is 1.80. The lowest BCUT2D eigenvalue weighted by Gasteiger charge is -2.29. The molecular formula is C29H43N3OS. The van der Waals surface area contributed by atoms with Gasteiger partial charge in [-0.3, -0.25) is 9.93 Å². The number of amides is 1. The molecule has 186 valence electrons. The van der Waals surface area contributed by atoms with Crippen LogP contribution >= 0.6 is 11.9 Å². The smallest absolute Gasteiger partial charge is 0.230 e. The van der Waals surface area contributed by atoms with Gasteiger partial charge in [0.15, 0.2) is 0 Å². The van der Waals surface area contributed by atoms with Crippen LogP contribution in [0.1, 0.15) is 96.4 Å². The molecule has 0 atom stereocenters.